The highest BCUT2D eigenvalue weighted by atomic mass is 35.5. The number of nitrogens with one attached hydrogen (secondary N) is 1. The lowest BCUT2D eigenvalue weighted by atomic mass is 9.97. The summed E-state index contributed by atoms with van der Waals surface area (Å²) in [4.78, 5) is 11.1. The van der Waals surface area contributed by atoms with Crippen LogP contribution in [0, 0.1) is 0 Å². The van der Waals surface area contributed by atoms with Crippen molar-refractivity contribution in [2.24, 2.45) is 11.5 Å². The van der Waals surface area contributed by atoms with Crippen molar-refractivity contribution < 1.29 is 4.79 Å². The van der Waals surface area contributed by atoms with Gasteiger partial charge in [-0.25, -0.2) is 0 Å². The zero-order chi connectivity index (χ0) is 13.2. The van der Waals surface area contributed by atoms with Crippen molar-refractivity contribution in [3.8, 4) is 0 Å². The highest BCUT2D eigenvalue weighted by Gasteiger charge is 2.32. The van der Waals surface area contributed by atoms with Crippen LogP contribution in [0.5, 0.6) is 0 Å². The Balaban J connectivity index is 2.19. The van der Waals surface area contributed by atoms with Crippen LogP contribution in [0.2, 0.25) is 5.02 Å². The van der Waals surface area contributed by atoms with E-state index in [1.54, 1.807) is 12.1 Å². The minimum atomic E-state index is -0.513. The molecule has 4 nitrogen and oxygen atoms in total. The SMILES string of the molecule is NCC1(Nc2ccc(C(N)=O)c(Cl)c2)CCCC1. The number of anilines is 1. The van der Waals surface area contributed by atoms with Crippen LogP contribution >= 0.6 is 11.6 Å². The number of rotatable bonds is 4. The van der Waals surface area contributed by atoms with E-state index in [0.717, 1.165) is 18.5 Å². The summed E-state index contributed by atoms with van der Waals surface area (Å²) < 4.78 is 0. The summed E-state index contributed by atoms with van der Waals surface area (Å²) in [6, 6.07) is 5.20. The Labute approximate surface area is 112 Å². The zero-order valence-corrected chi connectivity index (χ0v) is 11.0. The number of halogens is 1. The van der Waals surface area contributed by atoms with Crippen LogP contribution in [-0.2, 0) is 0 Å². The largest absolute Gasteiger partial charge is 0.378 e. The molecule has 1 fully saturated rings. The van der Waals surface area contributed by atoms with Crippen LogP contribution < -0.4 is 16.8 Å². The number of carbonyl (C=O) groups is 1. The molecule has 0 heterocycles. The summed E-state index contributed by atoms with van der Waals surface area (Å²) in [5.41, 5.74) is 12.3. The minimum Gasteiger partial charge on any atom is -0.378 e. The third kappa shape index (κ3) is 2.60. The van der Waals surface area contributed by atoms with Crippen molar-refractivity contribution in [2.75, 3.05) is 11.9 Å². The third-order valence-corrected chi connectivity index (χ3v) is 3.91. The summed E-state index contributed by atoms with van der Waals surface area (Å²) in [6.45, 7) is 0.599. The van der Waals surface area contributed by atoms with Gasteiger partial charge < -0.3 is 16.8 Å². The molecule has 5 N–H and O–H groups in total. The van der Waals surface area contributed by atoms with Gasteiger partial charge in [0.15, 0.2) is 0 Å². The van der Waals surface area contributed by atoms with Crippen molar-refractivity contribution >= 4 is 23.2 Å². The number of benzene rings is 1. The van der Waals surface area contributed by atoms with E-state index in [0.29, 0.717) is 17.1 Å². The number of hydrogen-bond donors (Lipinski definition) is 3. The molecule has 1 aromatic rings. The number of hydrogen-bond acceptors (Lipinski definition) is 3. The number of primary amides is 1. The fraction of sp³-hybridized carbons (Fsp3) is 0.462. The lowest BCUT2D eigenvalue weighted by molar-refractivity contribution is 0.100. The van der Waals surface area contributed by atoms with Gasteiger partial charge in [0.25, 0.3) is 0 Å². The first-order valence-corrected chi connectivity index (χ1v) is 6.52. The maximum atomic E-state index is 11.1. The summed E-state index contributed by atoms with van der Waals surface area (Å²) in [7, 11) is 0. The molecule has 18 heavy (non-hydrogen) atoms. The van der Waals surface area contributed by atoms with Gasteiger partial charge in [-0.3, -0.25) is 4.79 Å². The molecule has 0 bridgehead atoms. The van der Waals surface area contributed by atoms with Gasteiger partial charge in [0, 0.05) is 17.8 Å². The molecular formula is C13H18ClN3O. The van der Waals surface area contributed by atoms with E-state index in [2.05, 4.69) is 5.32 Å². The monoisotopic (exact) mass is 267 g/mol. The van der Waals surface area contributed by atoms with Crippen LogP contribution in [0.15, 0.2) is 18.2 Å². The Morgan fingerprint density at radius 2 is 2.06 bits per heavy atom. The van der Waals surface area contributed by atoms with E-state index in [1.807, 2.05) is 6.07 Å². The summed E-state index contributed by atoms with van der Waals surface area (Å²) in [5, 5.41) is 3.82. The lowest BCUT2D eigenvalue weighted by Gasteiger charge is -2.30. The Hall–Kier alpha value is -1.26. The number of nitrogens with two attached hydrogens (primary N) is 2. The van der Waals surface area contributed by atoms with E-state index >= 15 is 0 Å². The van der Waals surface area contributed by atoms with E-state index < -0.39 is 5.91 Å². The fourth-order valence-electron chi connectivity index (χ4n) is 2.53. The molecule has 1 saturated carbocycles. The highest BCUT2D eigenvalue weighted by molar-refractivity contribution is 6.34. The maximum absolute atomic E-state index is 11.1. The van der Waals surface area contributed by atoms with Gasteiger partial charge in [0.05, 0.1) is 10.6 Å². The Kier molecular flexibility index (Phi) is 3.78. The summed E-state index contributed by atoms with van der Waals surface area (Å²) >= 11 is 6.03. The standard InChI is InChI=1S/C13H18ClN3O/c14-11-7-9(3-4-10(11)12(16)18)17-13(8-15)5-1-2-6-13/h3-4,7,17H,1-2,5-6,8,15H2,(H2,16,18). The minimum absolute atomic E-state index is 0.0302. The van der Waals surface area contributed by atoms with Crippen LogP contribution in [0.1, 0.15) is 36.0 Å². The smallest absolute Gasteiger partial charge is 0.250 e. The Morgan fingerprint density at radius 1 is 1.39 bits per heavy atom. The van der Waals surface area contributed by atoms with E-state index in [4.69, 9.17) is 23.1 Å². The van der Waals surface area contributed by atoms with Crippen LogP contribution in [0.4, 0.5) is 5.69 Å². The second-order valence-corrected chi connectivity index (χ2v) is 5.28. The van der Waals surface area contributed by atoms with Gasteiger partial charge >= 0.3 is 0 Å². The topological polar surface area (TPSA) is 81.1 Å². The van der Waals surface area contributed by atoms with Crippen molar-refractivity contribution in [3.63, 3.8) is 0 Å². The molecule has 0 aliphatic heterocycles. The molecule has 0 atom stereocenters. The van der Waals surface area contributed by atoms with Crippen molar-refractivity contribution in [2.45, 2.75) is 31.2 Å². The van der Waals surface area contributed by atoms with Gasteiger partial charge in [-0.2, -0.15) is 0 Å². The molecular weight excluding hydrogens is 250 g/mol. The van der Waals surface area contributed by atoms with Gasteiger partial charge in [0.1, 0.15) is 0 Å². The summed E-state index contributed by atoms with van der Waals surface area (Å²) in [5.74, 6) is -0.513. The molecule has 1 aromatic carbocycles. The molecule has 0 aromatic heterocycles. The Morgan fingerprint density at radius 3 is 2.56 bits per heavy atom. The van der Waals surface area contributed by atoms with Crippen LogP contribution in [-0.4, -0.2) is 18.0 Å². The average molecular weight is 268 g/mol. The van der Waals surface area contributed by atoms with Crippen molar-refractivity contribution in [3.05, 3.63) is 28.8 Å². The van der Waals surface area contributed by atoms with Crippen LogP contribution in [0.25, 0.3) is 0 Å². The number of carbonyl (C=O) groups excluding carboxylic acids is 1. The zero-order valence-electron chi connectivity index (χ0n) is 10.2. The molecule has 0 unspecified atom stereocenters. The molecule has 1 amide bonds. The Bertz CT molecular complexity index is 456. The third-order valence-electron chi connectivity index (χ3n) is 3.60. The van der Waals surface area contributed by atoms with Crippen molar-refractivity contribution in [1.82, 2.24) is 0 Å². The average Bonchev–Trinajstić information content (AvgIpc) is 2.78. The van der Waals surface area contributed by atoms with Gasteiger partial charge in [0.2, 0.25) is 5.91 Å². The van der Waals surface area contributed by atoms with E-state index in [1.165, 1.54) is 12.8 Å². The van der Waals surface area contributed by atoms with Crippen molar-refractivity contribution in [1.29, 1.82) is 0 Å². The predicted octanol–water partition coefficient (Wildman–Crippen LogP) is 2.12. The molecule has 0 saturated heterocycles. The lowest BCUT2D eigenvalue weighted by Crippen LogP contribution is -2.42. The number of amides is 1. The first-order valence-electron chi connectivity index (χ1n) is 6.14. The molecule has 5 heteroatoms. The molecule has 1 aliphatic carbocycles. The molecule has 0 radical (unpaired) electrons. The quantitative estimate of drug-likeness (QED) is 0.782. The summed E-state index contributed by atoms with van der Waals surface area (Å²) in [6.07, 6.45) is 4.52. The molecule has 2 rings (SSSR count). The first kappa shape index (κ1) is 13.2. The van der Waals surface area contributed by atoms with Gasteiger partial charge in [-0.15, -0.1) is 0 Å². The fourth-order valence-corrected chi connectivity index (χ4v) is 2.80. The maximum Gasteiger partial charge on any atom is 0.250 e. The normalized spacial score (nSPS) is 17.7. The van der Waals surface area contributed by atoms with Crippen LogP contribution in [0.3, 0.4) is 0 Å². The second kappa shape index (κ2) is 5.16. The second-order valence-electron chi connectivity index (χ2n) is 4.88. The molecule has 0 spiro atoms. The predicted molar refractivity (Wildman–Crippen MR) is 73.8 cm³/mol. The van der Waals surface area contributed by atoms with E-state index in [9.17, 15) is 4.79 Å². The molecule has 1 aliphatic rings. The van der Waals surface area contributed by atoms with Gasteiger partial charge in [-0.05, 0) is 31.0 Å². The highest BCUT2D eigenvalue weighted by Crippen LogP contribution is 2.33. The first-order chi connectivity index (χ1) is 8.56. The van der Waals surface area contributed by atoms with E-state index in [-0.39, 0.29) is 5.54 Å². The molecule has 98 valence electrons. The van der Waals surface area contributed by atoms with Gasteiger partial charge in [-0.1, -0.05) is 24.4 Å².